The molecule has 0 atom stereocenters. The van der Waals surface area contributed by atoms with Crippen LogP contribution in [0.1, 0.15) is 0 Å². The van der Waals surface area contributed by atoms with Crippen LogP contribution in [-0.2, 0) is 0 Å². The molecule has 0 radical (unpaired) electrons. The van der Waals surface area contributed by atoms with Gasteiger partial charge in [-0.1, -0.05) is 6.07 Å². The zero-order valence-corrected chi connectivity index (χ0v) is 9.58. The largest absolute Gasteiger partial charge is 0.438 e. The van der Waals surface area contributed by atoms with Crippen molar-refractivity contribution in [3.8, 4) is 11.6 Å². The number of nitrogens with zero attached hydrogens (tertiary/aromatic N) is 2. The maximum atomic E-state index is 5.74. The Morgan fingerprint density at radius 3 is 2.72 bits per heavy atom. The molecule has 0 fully saturated rings. The van der Waals surface area contributed by atoms with Crippen LogP contribution in [0.5, 0.6) is 11.6 Å². The molecule has 88 valence electrons. The predicted molar refractivity (Wildman–Crippen MR) is 70.5 cm³/mol. The van der Waals surface area contributed by atoms with Crippen LogP contribution in [0.3, 0.4) is 0 Å². The van der Waals surface area contributed by atoms with Crippen LogP contribution in [0.25, 0.3) is 10.9 Å². The molecule has 2 aromatic heterocycles. The van der Waals surface area contributed by atoms with E-state index in [0.29, 0.717) is 11.6 Å². The number of ether oxygens (including phenoxy) is 1. The lowest BCUT2D eigenvalue weighted by atomic mass is 10.2. The third-order valence-corrected chi connectivity index (χ3v) is 2.58. The Morgan fingerprint density at radius 2 is 1.89 bits per heavy atom. The summed E-state index contributed by atoms with van der Waals surface area (Å²) >= 11 is 0. The summed E-state index contributed by atoms with van der Waals surface area (Å²) in [5.41, 5.74) is 7.09. The Balaban J connectivity index is 2.02. The molecular formula is C14H11N3O. The minimum atomic E-state index is 0.514. The van der Waals surface area contributed by atoms with E-state index in [9.17, 15) is 0 Å². The van der Waals surface area contributed by atoms with Crippen LogP contribution in [-0.4, -0.2) is 9.97 Å². The molecule has 0 aliphatic heterocycles. The number of pyridine rings is 2. The standard InChI is InChI=1S/C14H11N3O/c15-10-6-7-14(17-9-10)18-13-5-1-4-12-11(13)3-2-8-16-12/h1-9H,15H2. The van der Waals surface area contributed by atoms with Gasteiger partial charge in [0.2, 0.25) is 5.88 Å². The van der Waals surface area contributed by atoms with Gasteiger partial charge >= 0.3 is 0 Å². The monoisotopic (exact) mass is 237 g/mol. The molecule has 0 saturated carbocycles. The van der Waals surface area contributed by atoms with Crippen molar-refractivity contribution in [1.82, 2.24) is 9.97 Å². The lowest BCUT2D eigenvalue weighted by molar-refractivity contribution is 0.468. The first kappa shape index (κ1) is 10.5. The minimum absolute atomic E-state index is 0.514. The van der Waals surface area contributed by atoms with Gasteiger partial charge in [-0.05, 0) is 30.3 Å². The van der Waals surface area contributed by atoms with Crippen LogP contribution in [0.15, 0.2) is 54.9 Å². The van der Waals surface area contributed by atoms with Crippen molar-refractivity contribution in [2.75, 3.05) is 5.73 Å². The normalized spacial score (nSPS) is 10.4. The number of aromatic nitrogens is 2. The van der Waals surface area contributed by atoms with E-state index in [2.05, 4.69) is 9.97 Å². The number of nitrogens with two attached hydrogens (primary N) is 1. The smallest absolute Gasteiger partial charge is 0.219 e. The molecular weight excluding hydrogens is 226 g/mol. The van der Waals surface area contributed by atoms with Gasteiger partial charge in [-0.25, -0.2) is 4.98 Å². The molecule has 2 heterocycles. The average molecular weight is 237 g/mol. The lowest BCUT2D eigenvalue weighted by Gasteiger charge is -2.07. The van der Waals surface area contributed by atoms with Gasteiger partial charge in [-0.3, -0.25) is 4.98 Å². The van der Waals surface area contributed by atoms with Crippen molar-refractivity contribution >= 4 is 16.6 Å². The molecule has 0 amide bonds. The molecule has 2 N–H and O–H groups in total. The number of hydrogen-bond acceptors (Lipinski definition) is 4. The van der Waals surface area contributed by atoms with Gasteiger partial charge in [0.1, 0.15) is 5.75 Å². The number of fused-ring (bicyclic) bond motifs is 1. The fourth-order valence-corrected chi connectivity index (χ4v) is 1.73. The summed E-state index contributed by atoms with van der Waals surface area (Å²) in [5, 5.41) is 0.957. The number of benzene rings is 1. The van der Waals surface area contributed by atoms with Crippen LogP contribution in [0.4, 0.5) is 5.69 Å². The summed E-state index contributed by atoms with van der Waals surface area (Å²) in [6, 6.07) is 13.1. The Hall–Kier alpha value is -2.62. The molecule has 18 heavy (non-hydrogen) atoms. The molecule has 3 aromatic rings. The van der Waals surface area contributed by atoms with Gasteiger partial charge in [0.05, 0.1) is 17.4 Å². The number of hydrogen-bond donors (Lipinski definition) is 1. The van der Waals surface area contributed by atoms with E-state index in [1.165, 1.54) is 0 Å². The van der Waals surface area contributed by atoms with Gasteiger partial charge in [0.25, 0.3) is 0 Å². The van der Waals surface area contributed by atoms with E-state index in [4.69, 9.17) is 10.5 Å². The molecule has 0 bridgehead atoms. The zero-order valence-electron chi connectivity index (χ0n) is 9.58. The van der Waals surface area contributed by atoms with Crippen LogP contribution in [0.2, 0.25) is 0 Å². The van der Waals surface area contributed by atoms with E-state index >= 15 is 0 Å². The first-order valence-corrected chi connectivity index (χ1v) is 5.56. The van der Waals surface area contributed by atoms with Gasteiger partial charge in [-0.2, -0.15) is 0 Å². The van der Waals surface area contributed by atoms with Crippen LogP contribution >= 0.6 is 0 Å². The van der Waals surface area contributed by atoms with Crippen molar-refractivity contribution in [2.45, 2.75) is 0 Å². The quantitative estimate of drug-likeness (QED) is 0.744. The topological polar surface area (TPSA) is 61.0 Å². The van der Waals surface area contributed by atoms with E-state index in [1.807, 2.05) is 30.3 Å². The van der Waals surface area contributed by atoms with Gasteiger partial charge in [0.15, 0.2) is 0 Å². The first-order chi connectivity index (χ1) is 8.83. The van der Waals surface area contributed by atoms with Gasteiger partial charge in [-0.15, -0.1) is 0 Å². The molecule has 0 aliphatic rings. The number of anilines is 1. The van der Waals surface area contributed by atoms with Gasteiger partial charge in [0, 0.05) is 17.6 Å². The third kappa shape index (κ3) is 1.96. The molecule has 4 heteroatoms. The molecule has 0 spiro atoms. The fourth-order valence-electron chi connectivity index (χ4n) is 1.73. The second-order valence-corrected chi connectivity index (χ2v) is 3.86. The van der Waals surface area contributed by atoms with E-state index < -0.39 is 0 Å². The molecule has 3 rings (SSSR count). The third-order valence-electron chi connectivity index (χ3n) is 2.58. The Morgan fingerprint density at radius 1 is 0.944 bits per heavy atom. The Bertz CT molecular complexity index is 675. The van der Waals surface area contributed by atoms with Crippen LogP contribution in [0, 0.1) is 0 Å². The molecule has 0 unspecified atom stereocenters. The summed E-state index contributed by atoms with van der Waals surface area (Å²) in [4.78, 5) is 8.39. The van der Waals surface area contributed by atoms with E-state index in [0.717, 1.165) is 16.7 Å². The molecule has 0 aliphatic carbocycles. The molecule has 0 saturated heterocycles. The first-order valence-electron chi connectivity index (χ1n) is 5.56. The van der Waals surface area contributed by atoms with Gasteiger partial charge < -0.3 is 10.5 Å². The maximum absolute atomic E-state index is 5.74. The van der Waals surface area contributed by atoms with E-state index in [1.54, 1.807) is 24.5 Å². The number of nitrogen functional groups attached to an aromatic ring is 1. The van der Waals surface area contributed by atoms with Crippen molar-refractivity contribution in [1.29, 1.82) is 0 Å². The average Bonchev–Trinajstić information content (AvgIpc) is 2.42. The zero-order chi connectivity index (χ0) is 12.4. The van der Waals surface area contributed by atoms with Crippen molar-refractivity contribution < 1.29 is 4.74 Å². The highest BCUT2D eigenvalue weighted by Crippen LogP contribution is 2.27. The summed E-state index contributed by atoms with van der Waals surface area (Å²) < 4.78 is 5.74. The van der Waals surface area contributed by atoms with E-state index in [-0.39, 0.29) is 0 Å². The maximum Gasteiger partial charge on any atom is 0.219 e. The van der Waals surface area contributed by atoms with Crippen molar-refractivity contribution in [3.63, 3.8) is 0 Å². The Kier molecular flexibility index (Phi) is 2.53. The summed E-state index contributed by atoms with van der Waals surface area (Å²) in [7, 11) is 0. The molecule has 1 aromatic carbocycles. The van der Waals surface area contributed by atoms with Crippen LogP contribution < -0.4 is 10.5 Å². The highest BCUT2D eigenvalue weighted by Gasteiger charge is 2.04. The van der Waals surface area contributed by atoms with Crippen molar-refractivity contribution in [2.24, 2.45) is 0 Å². The Labute approximate surface area is 104 Å². The summed E-state index contributed by atoms with van der Waals surface area (Å²) in [6.07, 6.45) is 3.33. The number of rotatable bonds is 2. The summed E-state index contributed by atoms with van der Waals surface area (Å²) in [6.45, 7) is 0. The minimum Gasteiger partial charge on any atom is -0.438 e. The SMILES string of the molecule is Nc1ccc(Oc2cccc3ncccc23)nc1. The van der Waals surface area contributed by atoms with Crippen molar-refractivity contribution in [3.05, 3.63) is 54.9 Å². The summed E-state index contributed by atoms with van der Waals surface area (Å²) in [5.74, 6) is 1.25. The highest BCUT2D eigenvalue weighted by atomic mass is 16.5. The molecule has 4 nitrogen and oxygen atoms in total. The fraction of sp³-hybridized carbons (Fsp3) is 0. The predicted octanol–water partition coefficient (Wildman–Crippen LogP) is 3.00. The highest BCUT2D eigenvalue weighted by molar-refractivity contribution is 5.85. The second kappa shape index (κ2) is 4.33. The second-order valence-electron chi connectivity index (χ2n) is 3.86. The lowest BCUT2D eigenvalue weighted by Crippen LogP contribution is -1.91.